The van der Waals surface area contributed by atoms with Gasteiger partial charge in [0, 0.05) is 20.9 Å². The second kappa shape index (κ2) is 10.4. The number of benzene rings is 2. The van der Waals surface area contributed by atoms with E-state index >= 15 is 0 Å². The summed E-state index contributed by atoms with van der Waals surface area (Å²) in [6.07, 6.45) is 0. The maximum atomic E-state index is 13.0. The number of hydrogen-bond donors (Lipinski definition) is 3. The minimum atomic E-state index is -1.46. The van der Waals surface area contributed by atoms with Gasteiger partial charge in [-0.25, -0.2) is 9.78 Å². The summed E-state index contributed by atoms with van der Waals surface area (Å²) >= 11 is 3.71. The molecule has 0 aliphatic carbocycles. The highest BCUT2D eigenvalue weighted by atomic mass is 32.2. The smallest absolute Gasteiger partial charge is 0.353 e. The Bertz CT molecular complexity index is 1430. The van der Waals surface area contributed by atoms with E-state index in [1.807, 2.05) is 54.6 Å². The van der Waals surface area contributed by atoms with E-state index in [1.165, 1.54) is 33.8 Å². The Morgan fingerprint density at radius 1 is 1.19 bits per heavy atom. The van der Waals surface area contributed by atoms with Gasteiger partial charge in [-0.1, -0.05) is 60.3 Å². The summed E-state index contributed by atoms with van der Waals surface area (Å²) < 4.78 is 0. The van der Waals surface area contributed by atoms with Crippen LogP contribution in [0.3, 0.4) is 0 Å². The van der Waals surface area contributed by atoms with Gasteiger partial charge in [0.25, 0.3) is 11.8 Å². The summed E-state index contributed by atoms with van der Waals surface area (Å²) in [6, 6.07) is 15.0. The summed E-state index contributed by atoms with van der Waals surface area (Å²) in [6.45, 7) is 0. The average Bonchev–Trinajstić information content (AvgIpc) is 3.33. The molecule has 13 heteroatoms. The lowest BCUT2D eigenvalue weighted by atomic mass is 10.0. The molecule has 10 nitrogen and oxygen atoms in total. The van der Waals surface area contributed by atoms with Gasteiger partial charge in [0.05, 0.1) is 5.69 Å². The first-order chi connectivity index (χ1) is 17.9. The number of nitrogens with two attached hydrogens (primary N) is 1. The van der Waals surface area contributed by atoms with Crippen LogP contribution in [0.2, 0.25) is 0 Å². The number of nitrogens with one attached hydrogen (secondary N) is 1. The zero-order valence-electron chi connectivity index (χ0n) is 18.9. The van der Waals surface area contributed by atoms with Crippen LogP contribution >= 0.6 is 34.9 Å². The van der Waals surface area contributed by atoms with Gasteiger partial charge >= 0.3 is 5.97 Å². The van der Waals surface area contributed by atoms with Crippen LogP contribution in [0.4, 0.5) is 5.13 Å². The van der Waals surface area contributed by atoms with Crippen LogP contribution in [-0.2, 0) is 14.4 Å². The third kappa shape index (κ3) is 4.72. The predicted molar refractivity (Wildman–Crippen MR) is 142 cm³/mol. The number of aromatic nitrogens is 1. The second-order valence-electron chi connectivity index (χ2n) is 8.06. The molecule has 188 valence electrons. The van der Waals surface area contributed by atoms with E-state index in [0.29, 0.717) is 10.7 Å². The number of fused-ring (bicyclic) bond motifs is 1. The van der Waals surface area contributed by atoms with E-state index in [-0.39, 0.29) is 16.5 Å². The average molecular weight is 554 g/mol. The van der Waals surface area contributed by atoms with Crippen LogP contribution in [0.25, 0.3) is 11.1 Å². The van der Waals surface area contributed by atoms with Crippen molar-refractivity contribution < 1.29 is 19.5 Å². The lowest BCUT2D eigenvalue weighted by Crippen LogP contribution is -2.70. The molecule has 3 aromatic rings. The lowest BCUT2D eigenvalue weighted by Gasteiger charge is -2.49. The van der Waals surface area contributed by atoms with Crippen molar-refractivity contribution in [1.29, 1.82) is 0 Å². The summed E-state index contributed by atoms with van der Waals surface area (Å²) in [5, 5.41) is 16.4. The number of hydrogen-bond acceptors (Lipinski definition) is 10. The van der Waals surface area contributed by atoms with Crippen molar-refractivity contribution in [3.63, 3.8) is 0 Å². The molecule has 37 heavy (non-hydrogen) atoms. The predicted octanol–water partition coefficient (Wildman–Crippen LogP) is 3.69. The van der Waals surface area contributed by atoms with Crippen molar-refractivity contribution in [3.8, 4) is 11.1 Å². The molecule has 2 amide bonds. The summed E-state index contributed by atoms with van der Waals surface area (Å²) in [4.78, 5) is 55.8. The van der Waals surface area contributed by atoms with Crippen LogP contribution in [-0.4, -0.2) is 49.9 Å². The fraction of sp³-hybridized carbons (Fsp3) is 0.167. The highest BCUT2D eigenvalue weighted by Gasteiger charge is 2.54. The minimum absolute atomic E-state index is 0.0943. The Kier molecular flexibility index (Phi) is 7.00. The Morgan fingerprint density at radius 3 is 2.59 bits per heavy atom. The quantitative estimate of drug-likeness (QED) is 0.280. The monoisotopic (exact) mass is 553 g/mol. The van der Waals surface area contributed by atoms with E-state index in [1.54, 1.807) is 0 Å². The van der Waals surface area contributed by atoms with E-state index in [2.05, 4.69) is 15.5 Å². The SMILES string of the molecule is Nc1nc(C(N=O)C(=O)N[C@@H]2C(=O)N3C(C(=O)O)=C(Sc4ccccc4-c4ccccc4)CS[C@@H]23)cs1. The number of aliphatic carboxylic acids is 1. The van der Waals surface area contributed by atoms with Gasteiger partial charge in [0.2, 0.25) is 6.04 Å². The number of β-lactam (4-membered cyclic amide) rings is 1. The fourth-order valence-corrected chi connectivity index (χ4v) is 7.31. The first kappa shape index (κ1) is 25.0. The van der Waals surface area contributed by atoms with E-state index in [0.717, 1.165) is 27.4 Å². The van der Waals surface area contributed by atoms with Gasteiger partial charge in [0.1, 0.15) is 17.1 Å². The van der Waals surface area contributed by atoms with Gasteiger partial charge in [-0.15, -0.1) is 28.0 Å². The first-order valence-corrected chi connectivity index (χ1v) is 13.7. The molecule has 3 atom stereocenters. The molecular formula is C24H19N5O5S3. The maximum Gasteiger partial charge on any atom is 0.353 e. The third-order valence-corrected chi connectivity index (χ3v) is 9.13. The molecule has 2 aliphatic heterocycles. The summed E-state index contributed by atoms with van der Waals surface area (Å²) in [7, 11) is 0. The molecule has 0 spiro atoms. The number of thiazole rings is 1. The molecule has 1 saturated heterocycles. The zero-order chi connectivity index (χ0) is 26.1. The normalized spacial score (nSPS) is 19.6. The zero-order valence-corrected chi connectivity index (χ0v) is 21.4. The van der Waals surface area contributed by atoms with E-state index in [4.69, 9.17) is 5.73 Å². The molecule has 4 N–H and O–H groups in total. The fourth-order valence-electron chi connectivity index (χ4n) is 4.11. The molecule has 0 radical (unpaired) electrons. The Balaban J connectivity index is 1.37. The van der Waals surface area contributed by atoms with Crippen molar-refractivity contribution in [2.75, 3.05) is 11.5 Å². The van der Waals surface area contributed by atoms with Gasteiger partial charge < -0.3 is 16.2 Å². The second-order valence-corrected chi connectivity index (χ2v) is 11.2. The number of nitrogen functional groups attached to an aromatic ring is 1. The van der Waals surface area contributed by atoms with Gasteiger partial charge in [-0.05, 0) is 22.4 Å². The highest BCUT2D eigenvalue weighted by Crippen LogP contribution is 2.46. The molecule has 2 aromatic carbocycles. The molecular weight excluding hydrogens is 534 g/mol. The van der Waals surface area contributed by atoms with Crippen LogP contribution < -0.4 is 11.1 Å². The molecule has 0 bridgehead atoms. The van der Waals surface area contributed by atoms with Crippen LogP contribution in [0.5, 0.6) is 0 Å². The van der Waals surface area contributed by atoms with Gasteiger partial charge in [0.15, 0.2) is 5.13 Å². The standard InChI is InChI=1S/C24H19N5O5S3/c25-24-26-14(10-36-24)17(28-34)20(30)27-18-21(31)29-19(23(32)33)16(11-35-22(18)29)37-15-9-5-4-8-13(15)12-6-2-1-3-7-12/h1-10,17-18,22H,11H2,(H2,25,26)(H,27,30)(H,32,33)/t17?,18-,22+/m1/s1. The number of nitrogens with zero attached hydrogens (tertiary/aromatic N) is 3. The van der Waals surface area contributed by atoms with E-state index < -0.39 is 35.2 Å². The van der Waals surface area contributed by atoms with Crippen molar-refractivity contribution in [2.45, 2.75) is 22.4 Å². The van der Waals surface area contributed by atoms with Crippen molar-refractivity contribution >= 4 is 57.8 Å². The number of carboxylic acid groups (broad SMARTS) is 1. The number of thioether (sulfide) groups is 2. The number of rotatable bonds is 8. The summed E-state index contributed by atoms with van der Waals surface area (Å²) in [5.74, 6) is -2.26. The molecule has 2 aliphatic rings. The number of nitroso groups, excluding NO2 is 1. The number of amides is 2. The van der Waals surface area contributed by atoms with Crippen molar-refractivity contribution in [2.24, 2.45) is 5.18 Å². The number of carboxylic acids is 1. The maximum absolute atomic E-state index is 13.0. The number of anilines is 1. The van der Waals surface area contributed by atoms with Gasteiger partial charge in [-0.2, -0.15) is 0 Å². The number of carbonyl (C=O) groups excluding carboxylic acids is 2. The Morgan fingerprint density at radius 2 is 1.92 bits per heavy atom. The van der Waals surface area contributed by atoms with Crippen molar-refractivity contribution in [3.05, 3.63) is 81.2 Å². The van der Waals surface area contributed by atoms with Crippen molar-refractivity contribution in [1.82, 2.24) is 15.2 Å². The molecule has 1 fully saturated rings. The third-order valence-electron chi connectivity index (χ3n) is 5.81. The summed E-state index contributed by atoms with van der Waals surface area (Å²) in [5.41, 5.74) is 7.51. The highest BCUT2D eigenvalue weighted by molar-refractivity contribution is 8.06. The minimum Gasteiger partial charge on any atom is -0.477 e. The largest absolute Gasteiger partial charge is 0.477 e. The Labute approximate surface area is 223 Å². The van der Waals surface area contributed by atoms with E-state index in [9.17, 15) is 24.4 Å². The topological polar surface area (TPSA) is 155 Å². The molecule has 1 aromatic heterocycles. The van der Waals surface area contributed by atoms with Crippen LogP contribution in [0.15, 0.2) is 80.7 Å². The van der Waals surface area contributed by atoms with Crippen LogP contribution in [0, 0.1) is 4.91 Å². The Hall–Kier alpha value is -3.68. The lowest BCUT2D eigenvalue weighted by molar-refractivity contribution is -0.150. The molecule has 1 unspecified atom stereocenters. The van der Waals surface area contributed by atoms with Crippen LogP contribution in [0.1, 0.15) is 11.7 Å². The molecule has 0 saturated carbocycles. The number of carbonyl (C=O) groups is 3. The molecule has 5 rings (SSSR count). The van der Waals surface area contributed by atoms with Gasteiger partial charge in [-0.3, -0.25) is 14.5 Å². The molecule has 3 heterocycles. The first-order valence-electron chi connectivity index (χ1n) is 11.0.